The van der Waals surface area contributed by atoms with Gasteiger partial charge in [-0.2, -0.15) is 0 Å². The summed E-state index contributed by atoms with van der Waals surface area (Å²) in [5, 5.41) is 2.89. The van der Waals surface area contributed by atoms with Gasteiger partial charge in [0.05, 0.1) is 12.1 Å². The van der Waals surface area contributed by atoms with Crippen LogP contribution in [0, 0.1) is 0 Å². The number of amides is 1. The number of nitrogens with one attached hydrogen (secondary N) is 1. The van der Waals surface area contributed by atoms with E-state index in [-0.39, 0.29) is 11.9 Å². The Balaban J connectivity index is 2.39. The molecule has 1 heterocycles. The Kier molecular flexibility index (Phi) is 6.32. The molecular weight excluding hydrogens is 230 g/mol. The molecule has 0 radical (unpaired) electrons. The van der Waals surface area contributed by atoms with E-state index in [0.717, 1.165) is 12.0 Å². The third-order valence-electron chi connectivity index (χ3n) is 2.77. The van der Waals surface area contributed by atoms with E-state index in [1.165, 1.54) is 0 Å². The highest BCUT2D eigenvalue weighted by atomic mass is 16.5. The third kappa shape index (κ3) is 4.81. The molecule has 0 fully saturated rings. The second kappa shape index (κ2) is 7.79. The van der Waals surface area contributed by atoms with E-state index in [1.807, 2.05) is 19.1 Å². The molecule has 2 atom stereocenters. The largest absolute Gasteiger partial charge is 0.385 e. The SMILES string of the molecule is COCCCC(N)C(=O)N[C@@H](C)c1ccncc1. The second-order valence-electron chi connectivity index (χ2n) is 4.25. The first-order chi connectivity index (χ1) is 8.65. The standard InChI is InChI=1S/C13H21N3O2/c1-10(11-5-7-15-8-6-11)16-13(17)12(14)4-3-9-18-2/h5-8,10,12H,3-4,9,14H2,1-2H3,(H,16,17)/t10-,12?/m0/s1. The Hall–Kier alpha value is -1.46. The predicted molar refractivity (Wildman–Crippen MR) is 69.9 cm³/mol. The molecule has 3 N–H and O–H groups in total. The van der Waals surface area contributed by atoms with Crippen LogP contribution in [0.4, 0.5) is 0 Å². The van der Waals surface area contributed by atoms with Crippen LogP contribution < -0.4 is 11.1 Å². The van der Waals surface area contributed by atoms with Gasteiger partial charge in [-0.3, -0.25) is 9.78 Å². The summed E-state index contributed by atoms with van der Waals surface area (Å²) in [6.45, 7) is 2.55. The Morgan fingerprint density at radius 3 is 2.78 bits per heavy atom. The summed E-state index contributed by atoms with van der Waals surface area (Å²) < 4.78 is 4.93. The van der Waals surface area contributed by atoms with Gasteiger partial charge in [0.15, 0.2) is 0 Å². The monoisotopic (exact) mass is 251 g/mol. The lowest BCUT2D eigenvalue weighted by atomic mass is 10.1. The number of hydrogen-bond acceptors (Lipinski definition) is 4. The summed E-state index contributed by atoms with van der Waals surface area (Å²) in [4.78, 5) is 15.8. The molecule has 1 unspecified atom stereocenters. The zero-order valence-corrected chi connectivity index (χ0v) is 10.9. The third-order valence-corrected chi connectivity index (χ3v) is 2.77. The highest BCUT2D eigenvalue weighted by Crippen LogP contribution is 2.10. The Bertz CT molecular complexity index is 357. The fraction of sp³-hybridized carbons (Fsp3) is 0.538. The van der Waals surface area contributed by atoms with Crippen LogP contribution in [-0.4, -0.2) is 30.6 Å². The van der Waals surface area contributed by atoms with Crippen molar-refractivity contribution < 1.29 is 9.53 Å². The maximum atomic E-state index is 11.8. The number of carbonyl (C=O) groups is 1. The molecule has 0 bridgehead atoms. The van der Waals surface area contributed by atoms with Crippen molar-refractivity contribution in [2.45, 2.75) is 31.8 Å². The lowest BCUT2D eigenvalue weighted by molar-refractivity contribution is -0.123. The Labute approximate surface area is 108 Å². The molecule has 0 aliphatic carbocycles. The van der Waals surface area contributed by atoms with Gasteiger partial charge < -0.3 is 15.8 Å². The summed E-state index contributed by atoms with van der Waals surface area (Å²) in [5.74, 6) is -0.129. The van der Waals surface area contributed by atoms with Crippen LogP contribution in [-0.2, 0) is 9.53 Å². The molecule has 0 aliphatic rings. The van der Waals surface area contributed by atoms with E-state index in [4.69, 9.17) is 10.5 Å². The van der Waals surface area contributed by atoms with Gasteiger partial charge in [-0.15, -0.1) is 0 Å². The summed E-state index contributed by atoms with van der Waals surface area (Å²) in [6, 6.07) is 3.21. The van der Waals surface area contributed by atoms with E-state index in [0.29, 0.717) is 13.0 Å². The molecule has 0 spiro atoms. The average Bonchev–Trinajstić information content (AvgIpc) is 2.39. The summed E-state index contributed by atoms with van der Waals surface area (Å²) >= 11 is 0. The van der Waals surface area contributed by atoms with Gasteiger partial charge in [-0.05, 0) is 37.5 Å². The molecule has 100 valence electrons. The van der Waals surface area contributed by atoms with Crippen LogP contribution >= 0.6 is 0 Å². The van der Waals surface area contributed by atoms with Crippen molar-refractivity contribution in [1.82, 2.24) is 10.3 Å². The van der Waals surface area contributed by atoms with E-state index < -0.39 is 6.04 Å². The number of aromatic nitrogens is 1. The van der Waals surface area contributed by atoms with Gasteiger partial charge in [0.1, 0.15) is 0 Å². The quantitative estimate of drug-likeness (QED) is 0.709. The minimum atomic E-state index is -0.482. The van der Waals surface area contributed by atoms with Gasteiger partial charge in [0.25, 0.3) is 0 Å². The summed E-state index contributed by atoms with van der Waals surface area (Å²) in [6.07, 6.45) is 4.82. The van der Waals surface area contributed by atoms with Crippen molar-refractivity contribution >= 4 is 5.91 Å². The number of carbonyl (C=O) groups excluding carboxylic acids is 1. The average molecular weight is 251 g/mol. The van der Waals surface area contributed by atoms with Gasteiger partial charge in [0, 0.05) is 26.1 Å². The highest BCUT2D eigenvalue weighted by molar-refractivity contribution is 5.81. The van der Waals surface area contributed by atoms with Crippen LogP contribution in [0.3, 0.4) is 0 Å². The zero-order chi connectivity index (χ0) is 13.4. The van der Waals surface area contributed by atoms with Crippen molar-refractivity contribution in [1.29, 1.82) is 0 Å². The Morgan fingerprint density at radius 2 is 2.17 bits per heavy atom. The van der Waals surface area contributed by atoms with Crippen LogP contribution in [0.25, 0.3) is 0 Å². The lowest BCUT2D eigenvalue weighted by Gasteiger charge is -2.17. The van der Waals surface area contributed by atoms with E-state index in [1.54, 1.807) is 19.5 Å². The van der Waals surface area contributed by atoms with Crippen molar-refractivity contribution in [2.75, 3.05) is 13.7 Å². The minimum Gasteiger partial charge on any atom is -0.385 e. The van der Waals surface area contributed by atoms with Crippen molar-refractivity contribution in [3.05, 3.63) is 30.1 Å². The fourth-order valence-electron chi connectivity index (χ4n) is 1.63. The fourth-order valence-corrected chi connectivity index (χ4v) is 1.63. The van der Waals surface area contributed by atoms with Crippen LogP contribution in [0.2, 0.25) is 0 Å². The first-order valence-corrected chi connectivity index (χ1v) is 6.10. The zero-order valence-electron chi connectivity index (χ0n) is 10.9. The van der Waals surface area contributed by atoms with E-state index in [2.05, 4.69) is 10.3 Å². The van der Waals surface area contributed by atoms with Gasteiger partial charge in [0.2, 0.25) is 5.91 Å². The number of ether oxygens (including phenoxy) is 1. The summed E-state index contributed by atoms with van der Waals surface area (Å²) in [5.41, 5.74) is 6.82. The number of hydrogen-bond donors (Lipinski definition) is 2. The molecular formula is C13H21N3O2. The number of methoxy groups -OCH3 is 1. The smallest absolute Gasteiger partial charge is 0.237 e. The van der Waals surface area contributed by atoms with Crippen LogP contribution in [0.5, 0.6) is 0 Å². The molecule has 5 heteroatoms. The summed E-state index contributed by atoms with van der Waals surface area (Å²) in [7, 11) is 1.64. The highest BCUT2D eigenvalue weighted by Gasteiger charge is 2.16. The second-order valence-corrected chi connectivity index (χ2v) is 4.25. The van der Waals surface area contributed by atoms with Crippen molar-refractivity contribution in [3.63, 3.8) is 0 Å². The van der Waals surface area contributed by atoms with Gasteiger partial charge >= 0.3 is 0 Å². The predicted octanol–water partition coefficient (Wildman–Crippen LogP) is 1.01. The van der Waals surface area contributed by atoms with Crippen molar-refractivity contribution in [2.24, 2.45) is 5.73 Å². The van der Waals surface area contributed by atoms with Crippen LogP contribution in [0.1, 0.15) is 31.4 Å². The maximum Gasteiger partial charge on any atom is 0.237 e. The number of nitrogens with zero attached hydrogens (tertiary/aromatic N) is 1. The van der Waals surface area contributed by atoms with E-state index in [9.17, 15) is 4.79 Å². The molecule has 1 aromatic heterocycles. The number of pyridine rings is 1. The first-order valence-electron chi connectivity index (χ1n) is 6.10. The maximum absolute atomic E-state index is 11.8. The minimum absolute atomic E-state index is 0.0611. The topological polar surface area (TPSA) is 77.2 Å². The number of nitrogens with two attached hydrogens (primary N) is 1. The molecule has 0 saturated heterocycles. The van der Waals surface area contributed by atoms with Crippen molar-refractivity contribution in [3.8, 4) is 0 Å². The Morgan fingerprint density at radius 1 is 1.50 bits per heavy atom. The van der Waals surface area contributed by atoms with E-state index >= 15 is 0 Å². The molecule has 1 amide bonds. The number of rotatable bonds is 7. The van der Waals surface area contributed by atoms with Gasteiger partial charge in [-0.1, -0.05) is 0 Å². The first kappa shape index (κ1) is 14.6. The van der Waals surface area contributed by atoms with Crippen LogP contribution in [0.15, 0.2) is 24.5 Å². The normalized spacial score (nSPS) is 13.9. The molecule has 0 aromatic carbocycles. The lowest BCUT2D eigenvalue weighted by Crippen LogP contribution is -2.41. The van der Waals surface area contributed by atoms with Gasteiger partial charge in [-0.25, -0.2) is 0 Å². The molecule has 5 nitrogen and oxygen atoms in total. The molecule has 0 aliphatic heterocycles. The molecule has 1 aromatic rings. The molecule has 18 heavy (non-hydrogen) atoms. The molecule has 0 saturated carbocycles. The molecule has 1 rings (SSSR count).